The van der Waals surface area contributed by atoms with Crippen molar-refractivity contribution >= 4 is 17.6 Å². The third kappa shape index (κ3) is 7.44. The molecule has 0 aliphatic rings. The van der Waals surface area contributed by atoms with E-state index in [1.54, 1.807) is 14.0 Å². The summed E-state index contributed by atoms with van der Waals surface area (Å²) in [4.78, 5) is 25.7. The number of unbranched alkanes of at least 4 members (excludes halogenated alkanes) is 5. The lowest BCUT2D eigenvalue weighted by atomic mass is 10.1. The summed E-state index contributed by atoms with van der Waals surface area (Å²) in [5.41, 5.74) is 0.535. The molecule has 0 aliphatic carbocycles. The highest BCUT2D eigenvalue weighted by Crippen LogP contribution is 2.25. The van der Waals surface area contributed by atoms with Gasteiger partial charge >= 0.3 is 5.97 Å². The topological polar surface area (TPSA) is 76.1 Å². The number of rotatable bonds is 12. The molecule has 0 bridgehead atoms. The molecule has 0 atom stereocenters. The number of phenols is 1. The zero-order valence-electron chi connectivity index (χ0n) is 16.1. The highest BCUT2D eigenvalue weighted by molar-refractivity contribution is 6.03. The summed E-state index contributed by atoms with van der Waals surface area (Å²) >= 11 is 0. The minimum Gasteiger partial charge on any atom is -0.508 e. The van der Waals surface area contributed by atoms with Gasteiger partial charge in [0.05, 0.1) is 17.9 Å². The van der Waals surface area contributed by atoms with Crippen LogP contribution >= 0.6 is 0 Å². The van der Waals surface area contributed by atoms with E-state index in [2.05, 4.69) is 6.92 Å². The van der Waals surface area contributed by atoms with E-state index in [0.717, 1.165) is 12.8 Å². The first kappa shape index (κ1) is 22.0. The molecule has 1 aromatic rings. The standard InChI is InChI=1S/C20H31NO5/c1-4-6-7-8-9-10-13-25-15-19(23)21(3)18-14-16(22)11-12-17(18)20(24)26-5-2/h11-12,14,22H,4-10,13,15H2,1-3H3. The molecule has 0 saturated heterocycles. The minimum atomic E-state index is -0.532. The summed E-state index contributed by atoms with van der Waals surface area (Å²) < 4.78 is 10.5. The van der Waals surface area contributed by atoms with Crippen LogP contribution in [0.4, 0.5) is 5.69 Å². The van der Waals surface area contributed by atoms with Crippen LogP contribution in [0.3, 0.4) is 0 Å². The summed E-state index contributed by atoms with van der Waals surface area (Å²) in [7, 11) is 1.55. The molecular formula is C20H31NO5. The Bertz CT molecular complexity index is 573. The van der Waals surface area contributed by atoms with Crippen LogP contribution < -0.4 is 4.90 Å². The summed E-state index contributed by atoms with van der Waals surface area (Å²) in [5.74, 6) is -0.844. The van der Waals surface area contributed by atoms with Gasteiger partial charge in [0.15, 0.2) is 0 Å². The zero-order valence-corrected chi connectivity index (χ0v) is 16.1. The first-order valence-corrected chi connectivity index (χ1v) is 9.35. The Morgan fingerprint density at radius 1 is 1.08 bits per heavy atom. The molecule has 1 aromatic carbocycles. The maximum atomic E-state index is 12.3. The Morgan fingerprint density at radius 2 is 1.77 bits per heavy atom. The maximum absolute atomic E-state index is 12.3. The number of nitrogens with zero attached hydrogens (tertiary/aromatic N) is 1. The van der Waals surface area contributed by atoms with E-state index in [1.807, 2.05) is 0 Å². The number of likely N-dealkylation sites (N-methyl/N-ethyl adjacent to an activating group) is 1. The average Bonchev–Trinajstić information content (AvgIpc) is 2.63. The highest BCUT2D eigenvalue weighted by Gasteiger charge is 2.20. The van der Waals surface area contributed by atoms with Crippen molar-refractivity contribution in [2.45, 2.75) is 52.4 Å². The number of hydrogen-bond acceptors (Lipinski definition) is 5. The molecule has 1 amide bonds. The number of anilines is 1. The molecule has 6 nitrogen and oxygen atoms in total. The van der Waals surface area contributed by atoms with Crippen molar-refractivity contribution in [2.75, 3.05) is 31.8 Å². The SMILES string of the molecule is CCCCCCCCOCC(=O)N(C)c1cc(O)ccc1C(=O)OCC. The number of aromatic hydroxyl groups is 1. The number of phenolic OH excluding ortho intramolecular Hbond substituents is 1. The zero-order chi connectivity index (χ0) is 19.4. The first-order chi connectivity index (χ1) is 12.5. The van der Waals surface area contributed by atoms with Crippen molar-refractivity contribution < 1.29 is 24.2 Å². The molecular weight excluding hydrogens is 334 g/mol. The number of ether oxygens (including phenoxy) is 2. The number of hydrogen-bond donors (Lipinski definition) is 1. The van der Waals surface area contributed by atoms with E-state index in [0.29, 0.717) is 12.3 Å². The van der Waals surface area contributed by atoms with Crippen LogP contribution in [0.15, 0.2) is 18.2 Å². The predicted octanol–water partition coefficient (Wildman–Crippen LogP) is 3.91. The fourth-order valence-corrected chi connectivity index (χ4v) is 2.55. The van der Waals surface area contributed by atoms with Gasteiger partial charge in [-0.2, -0.15) is 0 Å². The Kier molecular flexibility index (Phi) is 10.4. The van der Waals surface area contributed by atoms with Crippen molar-refractivity contribution in [1.29, 1.82) is 0 Å². The lowest BCUT2D eigenvalue weighted by Crippen LogP contribution is -2.31. The molecule has 0 radical (unpaired) electrons. The van der Waals surface area contributed by atoms with Gasteiger partial charge in [-0.3, -0.25) is 4.79 Å². The third-order valence-corrected chi connectivity index (χ3v) is 4.08. The van der Waals surface area contributed by atoms with Crippen molar-refractivity contribution in [2.24, 2.45) is 0 Å². The molecule has 0 saturated carbocycles. The molecule has 1 rings (SSSR count). The monoisotopic (exact) mass is 365 g/mol. The molecule has 26 heavy (non-hydrogen) atoms. The van der Waals surface area contributed by atoms with Crippen molar-refractivity contribution in [3.05, 3.63) is 23.8 Å². The number of carbonyl (C=O) groups is 2. The van der Waals surface area contributed by atoms with E-state index >= 15 is 0 Å². The van der Waals surface area contributed by atoms with Gasteiger partial charge < -0.3 is 19.5 Å². The van der Waals surface area contributed by atoms with E-state index in [4.69, 9.17) is 9.47 Å². The second-order valence-electron chi connectivity index (χ2n) is 6.20. The van der Waals surface area contributed by atoms with Gasteiger partial charge in [0.1, 0.15) is 12.4 Å². The molecule has 0 aromatic heterocycles. The molecule has 0 spiro atoms. The minimum absolute atomic E-state index is 0.0271. The van der Waals surface area contributed by atoms with Gasteiger partial charge in [0.2, 0.25) is 0 Å². The van der Waals surface area contributed by atoms with Gasteiger partial charge in [-0.05, 0) is 25.5 Å². The molecule has 1 N–H and O–H groups in total. The molecule has 146 valence electrons. The fraction of sp³-hybridized carbons (Fsp3) is 0.600. The number of esters is 1. The third-order valence-electron chi connectivity index (χ3n) is 4.08. The maximum Gasteiger partial charge on any atom is 0.340 e. The van der Waals surface area contributed by atoms with Gasteiger partial charge in [-0.25, -0.2) is 4.79 Å². The second kappa shape index (κ2) is 12.3. The first-order valence-electron chi connectivity index (χ1n) is 9.35. The van der Waals surface area contributed by atoms with Crippen molar-refractivity contribution in [3.63, 3.8) is 0 Å². The lowest BCUT2D eigenvalue weighted by Gasteiger charge is -2.20. The number of carbonyl (C=O) groups excluding carboxylic acids is 2. The summed E-state index contributed by atoms with van der Waals surface area (Å²) in [6.07, 6.45) is 6.95. The highest BCUT2D eigenvalue weighted by atomic mass is 16.5. The summed E-state index contributed by atoms with van der Waals surface area (Å²) in [6, 6.07) is 4.21. The van der Waals surface area contributed by atoms with Crippen LogP contribution in [0.25, 0.3) is 0 Å². The van der Waals surface area contributed by atoms with E-state index < -0.39 is 5.97 Å². The van der Waals surface area contributed by atoms with E-state index in [1.165, 1.54) is 48.8 Å². The molecule has 0 heterocycles. The Hall–Kier alpha value is -2.08. The van der Waals surface area contributed by atoms with Gasteiger partial charge in [0.25, 0.3) is 5.91 Å². The normalized spacial score (nSPS) is 10.6. The Balaban J connectivity index is 2.52. The summed E-state index contributed by atoms with van der Waals surface area (Å²) in [6.45, 7) is 4.60. The van der Waals surface area contributed by atoms with Crippen molar-refractivity contribution in [1.82, 2.24) is 0 Å². The quantitative estimate of drug-likeness (QED) is 0.449. The average molecular weight is 365 g/mol. The van der Waals surface area contributed by atoms with Crippen LogP contribution in [0.2, 0.25) is 0 Å². The van der Waals surface area contributed by atoms with Crippen LogP contribution in [0.1, 0.15) is 62.7 Å². The summed E-state index contributed by atoms with van der Waals surface area (Å²) in [5, 5.41) is 9.69. The van der Waals surface area contributed by atoms with Crippen LogP contribution in [0, 0.1) is 0 Å². The Labute approximate surface area is 156 Å². The van der Waals surface area contributed by atoms with Crippen LogP contribution in [0.5, 0.6) is 5.75 Å². The van der Waals surface area contributed by atoms with E-state index in [-0.39, 0.29) is 30.4 Å². The molecule has 0 fully saturated rings. The van der Waals surface area contributed by atoms with Gasteiger partial charge in [-0.1, -0.05) is 39.0 Å². The molecule has 0 aliphatic heterocycles. The number of benzene rings is 1. The van der Waals surface area contributed by atoms with E-state index in [9.17, 15) is 14.7 Å². The van der Waals surface area contributed by atoms with Crippen molar-refractivity contribution in [3.8, 4) is 5.75 Å². The van der Waals surface area contributed by atoms with Gasteiger partial charge in [0, 0.05) is 19.7 Å². The smallest absolute Gasteiger partial charge is 0.340 e. The van der Waals surface area contributed by atoms with Gasteiger partial charge in [-0.15, -0.1) is 0 Å². The second-order valence-corrected chi connectivity index (χ2v) is 6.20. The van der Waals surface area contributed by atoms with Crippen LogP contribution in [-0.4, -0.2) is 43.9 Å². The lowest BCUT2D eigenvalue weighted by molar-refractivity contribution is -0.122. The molecule has 6 heteroatoms. The molecule has 0 unspecified atom stereocenters. The number of amides is 1. The fourth-order valence-electron chi connectivity index (χ4n) is 2.55. The van der Waals surface area contributed by atoms with Crippen LogP contribution in [-0.2, 0) is 14.3 Å². The predicted molar refractivity (Wildman–Crippen MR) is 102 cm³/mol. The Morgan fingerprint density at radius 3 is 2.46 bits per heavy atom. The largest absolute Gasteiger partial charge is 0.508 e.